The van der Waals surface area contributed by atoms with Crippen molar-refractivity contribution in [3.8, 4) is 0 Å². The zero-order valence-electron chi connectivity index (χ0n) is 12.2. The van der Waals surface area contributed by atoms with Crippen LogP contribution in [0.25, 0.3) is 0 Å². The Hall–Kier alpha value is -2.48. The van der Waals surface area contributed by atoms with E-state index in [1.54, 1.807) is 19.9 Å². The summed E-state index contributed by atoms with van der Waals surface area (Å²) in [6.45, 7) is 7.34. The van der Waals surface area contributed by atoms with Gasteiger partial charge in [-0.05, 0) is 13.8 Å². The number of rotatable bonds is 3. The van der Waals surface area contributed by atoms with Crippen molar-refractivity contribution in [2.24, 2.45) is 9.98 Å². The van der Waals surface area contributed by atoms with Gasteiger partial charge in [-0.1, -0.05) is 6.58 Å². The van der Waals surface area contributed by atoms with Crippen LogP contribution < -0.4 is 10.6 Å². The van der Waals surface area contributed by atoms with Crippen molar-refractivity contribution in [1.82, 2.24) is 15.1 Å². The maximum Gasteiger partial charge on any atom is 0.320 e. The van der Waals surface area contributed by atoms with E-state index < -0.39 is 11.9 Å². The van der Waals surface area contributed by atoms with E-state index in [9.17, 15) is 9.59 Å². The van der Waals surface area contributed by atoms with Gasteiger partial charge in [0.25, 0.3) is 11.9 Å². The number of nitrogens with one attached hydrogen (secondary N) is 2. The molecular formula is C13H15ClN6O2. The van der Waals surface area contributed by atoms with Crippen molar-refractivity contribution in [2.75, 3.05) is 17.7 Å². The van der Waals surface area contributed by atoms with Gasteiger partial charge in [0.15, 0.2) is 0 Å². The Labute approximate surface area is 132 Å². The van der Waals surface area contributed by atoms with E-state index in [0.717, 1.165) is 0 Å². The Balaban J connectivity index is 2.29. The highest BCUT2D eigenvalue weighted by atomic mass is 35.5. The molecule has 0 atom stereocenters. The first-order chi connectivity index (χ1) is 10.4. The molecule has 0 radical (unpaired) electrons. The molecule has 2 N–H and O–H groups in total. The van der Waals surface area contributed by atoms with E-state index in [-0.39, 0.29) is 11.5 Å². The number of amides is 3. The van der Waals surface area contributed by atoms with Gasteiger partial charge in [-0.15, -0.1) is 11.6 Å². The minimum Gasteiger partial charge on any atom is -0.337 e. The molecule has 22 heavy (non-hydrogen) atoms. The van der Waals surface area contributed by atoms with E-state index in [4.69, 9.17) is 11.6 Å². The summed E-state index contributed by atoms with van der Waals surface area (Å²) in [4.78, 5) is 31.5. The summed E-state index contributed by atoms with van der Waals surface area (Å²) < 4.78 is 1.30. The van der Waals surface area contributed by atoms with Crippen molar-refractivity contribution in [3.63, 3.8) is 0 Å². The van der Waals surface area contributed by atoms with Gasteiger partial charge < -0.3 is 5.32 Å². The highest BCUT2D eigenvalue weighted by Crippen LogP contribution is 2.14. The SMILES string of the molecule is C=C1C(=O)N=C(n2nc(C)cc2NC(=O)NCCCl)N=C1C. The van der Waals surface area contributed by atoms with Crippen LogP contribution in [-0.2, 0) is 4.79 Å². The molecule has 2 rings (SSSR count). The summed E-state index contributed by atoms with van der Waals surface area (Å²) in [5.41, 5.74) is 1.34. The first-order valence-corrected chi connectivity index (χ1v) is 7.01. The van der Waals surface area contributed by atoms with Crippen molar-refractivity contribution in [1.29, 1.82) is 0 Å². The zero-order valence-corrected chi connectivity index (χ0v) is 12.9. The number of aryl methyl sites for hydroxylation is 1. The summed E-state index contributed by atoms with van der Waals surface area (Å²) in [5.74, 6) is 0.252. The molecule has 1 aliphatic heterocycles. The van der Waals surface area contributed by atoms with Crippen LogP contribution >= 0.6 is 11.6 Å². The number of aromatic nitrogens is 2. The van der Waals surface area contributed by atoms with Crippen LogP contribution in [0.4, 0.5) is 10.6 Å². The van der Waals surface area contributed by atoms with Gasteiger partial charge >= 0.3 is 6.03 Å². The number of aliphatic imine (C=N–C) groups is 2. The monoisotopic (exact) mass is 322 g/mol. The van der Waals surface area contributed by atoms with Crippen molar-refractivity contribution >= 4 is 41.0 Å². The molecule has 0 aromatic carbocycles. The number of alkyl halides is 1. The van der Waals surface area contributed by atoms with E-state index in [2.05, 4.69) is 32.3 Å². The van der Waals surface area contributed by atoms with Gasteiger partial charge in [-0.25, -0.2) is 9.79 Å². The van der Waals surface area contributed by atoms with Crippen LogP contribution in [0.1, 0.15) is 12.6 Å². The molecule has 0 saturated carbocycles. The Bertz CT molecular complexity index is 703. The molecule has 0 fully saturated rings. The summed E-state index contributed by atoms with van der Waals surface area (Å²) in [6.07, 6.45) is 0. The predicted octanol–water partition coefficient (Wildman–Crippen LogP) is 1.31. The zero-order chi connectivity index (χ0) is 16.3. The molecule has 116 valence electrons. The molecule has 0 saturated heterocycles. The minimum atomic E-state index is -0.479. The molecule has 0 unspecified atom stereocenters. The quantitative estimate of drug-likeness (QED) is 0.648. The third-order valence-electron chi connectivity index (χ3n) is 2.81. The van der Waals surface area contributed by atoms with E-state index in [1.807, 2.05) is 0 Å². The number of halogens is 1. The van der Waals surface area contributed by atoms with Crippen molar-refractivity contribution < 1.29 is 9.59 Å². The fourth-order valence-corrected chi connectivity index (χ4v) is 1.81. The van der Waals surface area contributed by atoms with Crippen LogP contribution in [0.2, 0.25) is 0 Å². The van der Waals surface area contributed by atoms with Gasteiger partial charge in [-0.2, -0.15) is 14.8 Å². The number of hydrogen-bond donors (Lipinski definition) is 2. The lowest BCUT2D eigenvalue weighted by molar-refractivity contribution is -0.113. The normalized spacial score (nSPS) is 14.5. The van der Waals surface area contributed by atoms with Crippen LogP contribution in [0.5, 0.6) is 0 Å². The number of hydrogen-bond acceptors (Lipinski definition) is 4. The predicted molar refractivity (Wildman–Crippen MR) is 84.8 cm³/mol. The third kappa shape index (κ3) is 3.40. The molecule has 0 spiro atoms. The Kier molecular flexibility index (Phi) is 4.71. The molecule has 9 heteroatoms. The largest absolute Gasteiger partial charge is 0.337 e. The average molecular weight is 323 g/mol. The number of nitrogens with zero attached hydrogens (tertiary/aromatic N) is 4. The molecule has 8 nitrogen and oxygen atoms in total. The van der Waals surface area contributed by atoms with Crippen LogP contribution in [0.3, 0.4) is 0 Å². The fraction of sp³-hybridized carbons (Fsp3) is 0.308. The molecular weight excluding hydrogens is 308 g/mol. The highest BCUT2D eigenvalue weighted by Gasteiger charge is 2.21. The average Bonchev–Trinajstić information content (AvgIpc) is 2.82. The van der Waals surface area contributed by atoms with Crippen LogP contribution in [0.15, 0.2) is 28.2 Å². The minimum absolute atomic E-state index is 0.0793. The standard InChI is InChI=1S/C13H15ClN6O2/c1-7-6-10(17-13(22)15-5-4-14)20(19-7)12-16-9(3)8(2)11(21)18-12/h6H,2,4-5H2,1,3H3,(H2,15,17,22). The second kappa shape index (κ2) is 6.52. The number of carbonyl (C=O) groups is 2. The Morgan fingerprint density at radius 1 is 1.41 bits per heavy atom. The van der Waals surface area contributed by atoms with Crippen molar-refractivity contribution in [3.05, 3.63) is 23.9 Å². The third-order valence-corrected chi connectivity index (χ3v) is 3.00. The van der Waals surface area contributed by atoms with Crippen LogP contribution in [0, 0.1) is 6.92 Å². The molecule has 2 heterocycles. The first-order valence-electron chi connectivity index (χ1n) is 6.48. The summed E-state index contributed by atoms with van der Waals surface area (Å²) >= 11 is 5.51. The van der Waals surface area contributed by atoms with Gasteiger partial charge in [0.05, 0.1) is 17.0 Å². The number of anilines is 1. The van der Waals surface area contributed by atoms with E-state index in [0.29, 0.717) is 29.6 Å². The first kappa shape index (κ1) is 15.9. The van der Waals surface area contributed by atoms with Crippen molar-refractivity contribution in [2.45, 2.75) is 13.8 Å². The number of urea groups is 1. The lowest BCUT2D eigenvalue weighted by Crippen LogP contribution is -2.32. The molecule has 0 aliphatic carbocycles. The lowest BCUT2D eigenvalue weighted by Gasteiger charge is -2.12. The maximum atomic E-state index is 11.7. The van der Waals surface area contributed by atoms with E-state index >= 15 is 0 Å². The van der Waals surface area contributed by atoms with Gasteiger partial charge in [0.1, 0.15) is 5.82 Å². The summed E-state index contributed by atoms with van der Waals surface area (Å²) in [6, 6.07) is 1.20. The molecule has 0 bridgehead atoms. The summed E-state index contributed by atoms with van der Waals surface area (Å²) in [7, 11) is 0. The van der Waals surface area contributed by atoms with Crippen LogP contribution in [-0.4, -0.2) is 45.8 Å². The summed E-state index contributed by atoms with van der Waals surface area (Å²) in [5, 5.41) is 9.37. The van der Waals surface area contributed by atoms with Gasteiger partial charge in [0, 0.05) is 18.5 Å². The topological polar surface area (TPSA) is 101 Å². The molecule has 1 aromatic rings. The maximum absolute atomic E-state index is 11.7. The second-order valence-corrected chi connectivity index (χ2v) is 4.92. The lowest BCUT2D eigenvalue weighted by atomic mass is 10.2. The van der Waals surface area contributed by atoms with Gasteiger partial charge in [-0.3, -0.25) is 10.1 Å². The Morgan fingerprint density at radius 2 is 2.14 bits per heavy atom. The second-order valence-electron chi connectivity index (χ2n) is 4.55. The fourth-order valence-electron chi connectivity index (χ4n) is 1.71. The molecule has 1 aliphatic rings. The Morgan fingerprint density at radius 3 is 2.77 bits per heavy atom. The van der Waals surface area contributed by atoms with Gasteiger partial charge in [0.2, 0.25) is 0 Å². The van der Waals surface area contributed by atoms with E-state index in [1.165, 1.54) is 4.68 Å². The highest BCUT2D eigenvalue weighted by molar-refractivity contribution is 6.27. The number of carbonyl (C=O) groups excluding carboxylic acids is 2. The molecule has 3 amide bonds. The smallest absolute Gasteiger partial charge is 0.320 e. The molecule has 1 aromatic heterocycles.